The number of halogens is 4. The zero-order valence-corrected chi connectivity index (χ0v) is 12.0. The Balaban J connectivity index is 3.44. The van der Waals surface area contributed by atoms with Gasteiger partial charge in [0.05, 0.1) is 0 Å². The molecule has 0 radical (unpaired) electrons. The predicted octanol–water partition coefficient (Wildman–Crippen LogP) is 2.22. The summed E-state index contributed by atoms with van der Waals surface area (Å²) in [5, 5.41) is 0. The van der Waals surface area contributed by atoms with Crippen molar-refractivity contribution in [2.45, 2.75) is 12.4 Å². The fourth-order valence-electron chi connectivity index (χ4n) is 1.40. The van der Waals surface area contributed by atoms with E-state index in [-0.39, 0.29) is 16.8 Å². The Labute approximate surface area is 124 Å². The van der Waals surface area contributed by atoms with E-state index in [1.54, 1.807) is 0 Å². The number of hydrogen-bond donors (Lipinski definition) is 2. The van der Waals surface area contributed by atoms with Crippen LogP contribution in [0.4, 0.5) is 17.6 Å². The number of hydrogen-bond acceptors (Lipinski definition) is 5. The summed E-state index contributed by atoms with van der Waals surface area (Å²) in [5.41, 5.74) is 4.95. The molecule has 122 valence electrons. The third-order valence-electron chi connectivity index (χ3n) is 2.49. The van der Waals surface area contributed by atoms with Gasteiger partial charge in [0.25, 0.3) is 0 Å². The lowest BCUT2D eigenvalue weighted by atomic mass is 10.1. The van der Waals surface area contributed by atoms with Gasteiger partial charge in [0, 0.05) is 11.3 Å². The highest BCUT2D eigenvalue weighted by Crippen LogP contribution is 2.32. The van der Waals surface area contributed by atoms with Crippen molar-refractivity contribution < 1.29 is 30.2 Å². The Morgan fingerprint density at radius 2 is 1.91 bits per heavy atom. The molecular weight excluding hydrogens is 328 g/mol. The SMILES string of the molecule is CC(/C=C\N)=C(/N)c1cc(F)ccc1OS(=O)(=O)C(F)(F)F. The van der Waals surface area contributed by atoms with E-state index in [4.69, 9.17) is 11.5 Å². The van der Waals surface area contributed by atoms with Gasteiger partial charge in [0.15, 0.2) is 5.75 Å². The van der Waals surface area contributed by atoms with Crippen LogP contribution in [0.3, 0.4) is 0 Å². The molecule has 4 N–H and O–H groups in total. The average Bonchev–Trinajstić information content (AvgIpc) is 2.38. The second-order valence-electron chi connectivity index (χ2n) is 4.08. The van der Waals surface area contributed by atoms with Crippen LogP contribution in [-0.2, 0) is 10.1 Å². The van der Waals surface area contributed by atoms with Crippen LogP contribution in [0.2, 0.25) is 0 Å². The minimum Gasteiger partial charge on any atom is -0.405 e. The highest BCUT2D eigenvalue weighted by Gasteiger charge is 2.48. The number of benzene rings is 1. The summed E-state index contributed by atoms with van der Waals surface area (Å²) in [7, 11) is -5.90. The van der Waals surface area contributed by atoms with Crippen LogP contribution in [0.25, 0.3) is 5.70 Å². The van der Waals surface area contributed by atoms with Crippen molar-refractivity contribution >= 4 is 15.8 Å². The summed E-state index contributed by atoms with van der Waals surface area (Å²) in [4.78, 5) is 0. The monoisotopic (exact) mass is 340 g/mol. The maximum atomic E-state index is 13.3. The van der Waals surface area contributed by atoms with E-state index in [9.17, 15) is 26.0 Å². The molecule has 0 unspecified atom stereocenters. The zero-order valence-electron chi connectivity index (χ0n) is 11.2. The largest absolute Gasteiger partial charge is 0.534 e. The summed E-state index contributed by atoms with van der Waals surface area (Å²) in [5.74, 6) is -1.58. The van der Waals surface area contributed by atoms with Crippen LogP contribution in [0.1, 0.15) is 12.5 Å². The molecule has 0 saturated carbocycles. The summed E-state index contributed by atoms with van der Waals surface area (Å²) >= 11 is 0. The van der Waals surface area contributed by atoms with Crippen LogP contribution in [0.5, 0.6) is 5.75 Å². The topological polar surface area (TPSA) is 95.4 Å². The number of allylic oxidation sites excluding steroid dienone is 2. The van der Waals surface area contributed by atoms with E-state index in [1.165, 1.54) is 13.0 Å². The molecule has 5 nitrogen and oxygen atoms in total. The Kier molecular flexibility index (Phi) is 5.07. The first-order valence-electron chi connectivity index (χ1n) is 5.65. The smallest absolute Gasteiger partial charge is 0.405 e. The lowest BCUT2D eigenvalue weighted by molar-refractivity contribution is -0.0500. The highest BCUT2D eigenvalue weighted by atomic mass is 32.2. The average molecular weight is 340 g/mol. The fourth-order valence-corrected chi connectivity index (χ4v) is 1.87. The summed E-state index contributed by atoms with van der Waals surface area (Å²) in [6.45, 7) is 1.45. The first kappa shape index (κ1) is 17.8. The molecule has 0 spiro atoms. The number of alkyl halides is 3. The second-order valence-corrected chi connectivity index (χ2v) is 5.62. The third kappa shape index (κ3) is 3.91. The molecule has 0 aliphatic heterocycles. The molecule has 0 bridgehead atoms. The minimum absolute atomic E-state index is 0.187. The zero-order chi connectivity index (χ0) is 17.1. The summed E-state index contributed by atoms with van der Waals surface area (Å²) in [6.07, 6.45) is 2.41. The first-order chi connectivity index (χ1) is 9.99. The minimum atomic E-state index is -5.90. The Hall–Kier alpha value is -2.23. The molecular formula is C12H12F4N2O3S. The Bertz CT molecular complexity index is 724. The van der Waals surface area contributed by atoms with Crippen LogP contribution in [0.15, 0.2) is 36.0 Å². The van der Waals surface area contributed by atoms with Gasteiger partial charge in [0.2, 0.25) is 0 Å². The van der Waals surface area contributed by atoms with Crippen LogP contribution >= 0.6 is 0 Å². The molecule has 0 aliphatic rings. The van der Waals surface area contributed by atoms with Gasteiger partial charge < -0.3 is 15.7 Å². The first-order valence-corrected chi connectivity index (χ1v) is 7.05. The highest BCUT2D eigenvalue weighted by molar-refractivity contribution is 7.88. The number of nitrogens with two attached hydrogens (primary N) is 2. The van der Waals surface area contributed by atoms with Gasteiger partial charge in [-0.3, -0.25) is 0 Å². The molecule has 22 heavy (non-hydrogen) atoms. The molecule has 0 saturated heterocycles. The molecule has 1 aromatic rings. The Morgan fingerprint density at radius 3 is 2.41 bits per heavy atom. The van der Waals surface area contributed by atoms with E-state index in [2.05, 4.69) is 4.18 Å². The van der Waals surface area contributed by atoms with E-state index in [0.717, 1.165) is 24.4 Å². The molecule has 0 aromatic heterocycles. The standard InChI is InChI=1S/C12H12F4N2O3S/c1-7(4-5-17)11(18)9-6-8(13)2-3-10(9)21-22(19,20)12(14,15)16/h2-6H,17-18H2,1H3/b5-4-,11-7-. The van der Waals surface area contributed by atoms with Crippen molar-refractivity contribution in [1.29, 1.82) is 0 Å². The second kappa shape index (κ2) is 6.26. The van der Waals surface area contributed by atoms with Gasteiger partial charge in [-0.1, -0.05) is 0 Å². The molecule has 0 heterocycles. The van der Waals surface area contributed by atoms with E-state index in [1.807, 2.05) is 0 Å². The lowest BCUT2D eigenvalue weighted by Crippen LogP contribution is -2.28. The van der Waals surface area contributed by atoms with Gasteiger partial charge in [-0.15, -0.1) is 0 Å². The van der Waals surface area contributed by atoms with Crippen molar-refractivity contribution in [3.05, 3.63) is 47.4 Å². The molecule has 0 aliphatic carbocycles. The number of rotatable bonds is 4. The maximum absolute atomic E-state index is 13.3. The van der Waals surface area contributed by atoms with Crippen LogP contribution in [-0.4, -0.2) is 13.9 Å². The predicted molar refractivity (Wildman–Crippen MR) is 72.1 cm³/mol. The van der Waals surface area contributed by atoms with Crippen molar-refractivity contribution in [2.24, 2.45) is 11.5 Å². The van der Waals surface area contributed by atoms with Gasteiger partial charge in [-0.25, -0.2) is 4.39 Å². The lowest BCUT2D eigenvalue weighted by Gasteiger charge is -2.14. The summed E-state index contributed by atoms with van der Waals surface area (Å²) < 4.78 is 76.4. The Morgan fingerprint density at radius 1 is 1.32 bits per heavy atom. The van der Waals surface area contributed by atoms with Gasteiger partial charge in [0.1, 0.15) is 5.82 Å². The maximum Gasteiger partial charge on any atom is 0.534 e. The van der Waals surface area contributed by atoms with Gasteiger partial charge in [-0.2, -0.15) is 21.6 Å². The van der Waals surface area contributed by atoms with Crippen molar-refractivity contribution in [3.8, 4) is 5.75 Å². The normalized spacial score (nSPS) is 14.0. The van der Waals surface area contributed by atoms with Gasteiger partial charge >= 0.3 is 15.6 Å². The van der Waals surface area contributed by atoms with E-state index >= 15 is 0 Å². The molecule has 10 heteroatoms. The van der Waals surface area contributed by atoms with E-state index in [0.29, 0.717) is 0 Å². The van der Waals surface area contributed by atoms with Crippen molar-refractivity contribution in [1.82, 2.24) is 0 Å². The molecule has 0 atom stereocenters. The van der Waals surface area contributed by atoms with Crippen LogP contribution < -0.4 is 15.7 Å². The van der Waals surface area contributed by atoms with Gasteiger partial charge in [-0.05, 0) is 43.0 Å². The third-order valence-corrected chi connectivity index (χ3v) is 3.45. The molecule has 0 amide bonds. The van der Waals surface area contributed by atoms with Crippen LogP contribution in [0, 0.1) is 5.82 Å². The molecule has 1 aromatic carbocycles. The van der Waals surface area contributed by atoms with E-state index < -0.39 is 27.2 Å². The molecule has 1 rings (SSSR count). The molecule has 0 fully saturated rings. The quantitative estimate of drug-likeness (QED) is 0.379. The van der Waals surface area contributed by atoms with Crippen molar-refractivity contribution in [2.75, 3.05) is 0 Å². The van der Waals surface area contributed by atoms with Crippen molar-refractivity contribution in [3.63, 3.8) is 0 Å². The fraction of sp³-hybridized carbons (Fsp3) is 0.167. The summed E-state index contributed by atoms with van der Waals surface area (Å²) in [6, 6.07) is 2.23.